The predicted octanol–water partition coefficient (Wildman–Crippen LogP) is 1.18. The topological polar surface area (TPSA) is 41.6 Å². The second-order valence-electron chi connectivity index (χ2n) is 3.06. The molecule has 1 aliphatic rings. The third kappa shape index (κ3) is 0.818. The first kappa shape index (κ1) is 5.89. The van der Waals surface area contributed by atoms with Crippen LogP contribution in [0, 0.1) is 5.92 Å². The van der Waals surface area contributed by atoms with Crippen LogP contribution in [0.1, 0.15) is 26.2 Å². The standard InChI is InChI=1S/C7H11N3.H2/c1-5-2-3-6-7(4-5)9-10-8-6;/h5H,2-4H2,1H3,(H,8,9,10);1H. The number of aromatic nitrogens is 3. The molecule has 0 bridgehead atoms. The van der Waals surface area contributed by atoms with Gasteiger partial charge in [-0.1, -0.05) is 6.92 Å². The van der Waals surface area contributed by atoms with Gasteiger partial charge >= 0.3 is 0 Å². The van der Waals surface area contributed by atoms with Crippen molar-refractivity contribution < 1.29 is 1.43 Å². The molecule has 0 spiro atoms. The number of nitrogens with one attached hydrogen (secondary N) is 1. The predicted molar refractivity (Wildman–Crippen MR) is 39.7 cm³/mol. The lowest BCUT2D eigenvalue weighted by Crippen LogP contribution is -2.10. The van der Waals surface area contributed by atoms with Gasteiger partial charge in [-0.2, -0.15) is 15.4 Å². The maximum Gasteiger partial charge on any atom is 0.0859 e. The fourth-order valence-corrected chi connectivity index (χ4v) is 1.45. The van der Waals surface area contributed by atoms with Crippen molar-refractivity contribution in [1.29, 1.82) is 0 Å². The van der Waals surface area contributed by atoms with Crippen LogP contribution in [0.2, 0.25) is 0 Å². The SMILES string of the molecule is CC1CCc2n[nH]nc2C1.[HH]. The van der Waals surface area contributed by atoms with Gasteiger partial charge in [0.1, 0.15) is 0 Å². The molecule has 0 saturated heterocycles. The van der Waals surface area contributed by atoms with Gasteiger partial charge < -0.3 is 0 Å². The van der Waals surface area contributed by atoms with Crippen LogP contribution in [-0.2, 0) is 12.8 Å². The van der Waals surface area contributed by atoms with E-state index in [0.717, 1.165) is 18.8 Å². The summed E-state index contributed by atoms with van der Waals surface area (Å²) < 4.78 is 0. The third-order valence-corrected chi connectivity index (χ3v) is 2.12. The van der Waals surface area contributed by atoms with Gasteiger partial charge in [-0.05, 0) is 25.2 Å². The molecule has 1 atom stereocenters. The summed E-state index contributed by atoms with van der Waals surface area (Å²) in [6.45, 7) is 2.26. The van der Waals surface area contributed by atoms with Crippen molar-refractivity contribution in [2.24, 2.45) is 5.92 Å². The quantitative estimate of drug-likeness (QED) is 0.586. The highest BCUT2D eigenvalue weighted by Gasteiger charge is 2.17. The minimum absolute atomic E-state index is 0. The van der Waals surface area contributed by atoms with Crippen LogP contribution < -0.4 is 0 Å². The van der Waals surface area contributed by atoms with Crippen molar-refractivity contribution >= 4 is 0 Å². The molecule has 1 aliphatic carbocycles. The Bertz CT molecular complexity index is 233. The fourth-order valence-electron chi connectivity index (χ4n) is 1.45. The smallest absolute Gasteiger partial charge is 0.0859 e. The van der Waals surface area contributed by atoms with Crippen molar-refractivity contribution in [1.82, 2.24) is 15.4 Å². The minimum atomic E-state index is 0. The van der Waals surface area contributed by atoms with E-state index < -0.39 is 0 Å². The molecule has 1 aromatic rings. The van der Waals surface area contributed by atoms with Gasteiger partial charge in [0.25, 0.3) is 0 Å². The van der Waals surface area contributed by atoms with E-state index in [1.54, 1.807) is 0 Å². The van der Waals surface area contributed by atoms with Crippen molar-refractivity contribution in [2.75, 3.05) is 0 Å². The van der Waals surface area contributed by atoms with E-state index in [1.807, 2.05) is 0 Å². The second kappa shape index (κ2) is 2.08. The van der Waals surface area contributed by atoms with Crippen LogP contribution in [0.4, 0.5) is 0 Å². The molecule has 0 fully saturated rings. The van der Waals surface area contributed by atoms with Gasteiger partial charge in [-0.15, -0.1) is 0 Å². The Balaban J connectivity index is 0.000000605. The first-order chi connectivity index (χ1) is 4.86. The molecule has 3 heteroatoms. The van der Waals surface area contributed by atoms with E-state index >= 15 is 0 Å². The number of aromatic amines is 1. The molecule has 2 rings (SSSR count). The maximum atomic E-state index is 4.07. The van der Waals surface area contributed by atoms with Gasteiger partial charge in [0.05, 0.1) is 11.4 Å². The molecule has 0 saturated carbocycles. The monoisotopic (exact) mass is 139 g/mol. The highest BCUT2D eigenvalue weighted by molar-refractivity contribution is 5.12. The molecule has 10 heavy (non-hydrogen) atoms. The summed E-state index contributed by atoms with van der Waals surface area (Å²) in [4.78, 5) is 0. The maximum absolute atomic E-state index is 4.07. The number of fused-ring (bicyclic) bond motifs is 1. The van der Waals surface area contributed by atoms with Crippen molar-refractivity contribution in [3.8, 4) is 0 Å². The van der Waals surface area contributed by atoms with Gasteiger partial charge in [-0.3, -0.25) is 0 Å². The molecule has 56 valence electrons. The van der Waals surface area contributed by atoms with Crippen LogP contribution in [0.25, 0.3) is 0 Å². The summed E-state index contributed by atoms with van der Waals surface area (Å²) in [7, 11) is 0. The molecule has 1 unspecified atom stereocenters. The average molecular weight is 139 g/mol. The van der Waals surface area contributed by atoms with E-state index in [4.69, 9.17) is 0 Å². The lowest BCUT2D eigenvalue weighted by molar-refractivity contribution is 0.491. The zero-order valence-electron chi connectivity index (χ0n) is 6.09. The van der Waals surface area contributed by atoms with Gasteiger partial charge in [0, 0.05) is 1.43 Å². The van der Waals surface area contributed by atoms with E-state index in [0.29, 0.717) is 0 Å². The van der Waals surface area contributed by atoms with Crippen molar-refractivity contribution in [3.63, 3.8) is 0 Å². The number of rotatable bonds is 0. The molecule has 1 heterocycles. The number of H-pyrrole nitrogens is 1. The summed E-state index contributed by atoms with van der Waals surface area (Å²) in [6.07, 6.45) is 3.47. The molecule has 0 radical (unpaired) electrons. The summed E-state index contributed by atoms with van der Waals surface area (Å²) in [5, 5.41) is 10.8. The molecule has 0 aliphatic heterocycles. The molecule has 0 aromatic carbocycles. The molecule has 3 nitrogen and oxygen atoms in total. The van der Waals surface area contributed by atoms with E-state index in [1.165, 1.54) is 17.8 Å². The molecular weight excluding hydrogens is 126 g/mol. The van der Waals surface area contributed by atoms with Gasteiger partial charge in [0.2, 0.25) is 0 Å². The zero-order chi connectivity index (χ0) is 6.97. The number of hydrogen-bond acceptors (Lipinski definition) is 2. The zero-order valence-corrected chi connectivity index (χ0v) is 6.09. The Morgan fingerprint density at radius 3 is 3.20 bits per heavy atom. The van der Waals surface area contributed by atoms with Crippen molar-refractivity contribution in [3.05, 3.63) is 11.4 Å². The van der Waals surface area contributed by atoms with E-state index in [-0.39, 0.29) is 1.43 Å². The van der Waals surface area contributed by atoms with Crippen LogP contribution in [0.15, 0.2) is 0 Å². The average Bonchev–Trinajstić information content (AvgIpc) is 2.33. The summed E-state index contributed by atoms with van der Waals surface area (Å²) in [5.74, 6) is 0.789. The Morgan fingerprint density at radius 2 is 2.30 bits per heavy atom. The Hall–Kier alpha value is -0.860. The number of hydrogen-bond donors (Lipinski definition) is 1. The van der Waals surface area contributed by atoms with E-state index in [9.17, 15) is 0 Å². The number of aryl methyl sites for hydroxylation is 1. The van der Waals surface area contributed by atoms with Crippen LogP contribution in [-0.4, -0.2) is 15.4 Å². The molecule has 0 amide bonds. The van der Waals surface area contributed by atoms with Crippen LogP contribution in [0.5, 0.6) is 0 Å². The summed E-state index contributed by atoms with van der Waals surface area (Å²) >= 11 is 0. The highest BCUT2D eigenvalue weighted by Crippen LogP contribution is 2.20. The van der Waals surface area contributed by atoms with Crippen LogP contribution in [0.3, 0.4) is 0 Å². The van der Waals surface area contributed by atoms with Crippen molar-refractivity contribution in [2.45, 2.75) is 26.2 Å². The molecule has 1 N–H and O–H groups in total. The molecular formula is C7H13N3. The molecule has 1 aromatic heterocycles. The third-order valence-electron chi connectivity index (χ3n) is 2.12. The summed E-state index contributed by atoms with van der Waals surface area (Å²) in [6, 6.07) is 0. The lowest BCUT2D eigenvalue weighted by atomic mass is 9.92. The lowest BCUT2D eigenvalue weighted by Gasteiger charge is -2.14. The Labute approximate surface area is 61.3 Å². The first-order valence-corrected chi connectivity index (χ1v) is 3.75. The Morgan fingerprint density at radius 1 is 1.50 bits per heavy atom. The fraction of sp³-hybridized carbons (Fsp3) is 0.714. The first-order valence-electron chi connectivity index (χ1n) is 3.75. The number of nitrogens with zero attached hydrogens (tertiary/aromatic N) is 2. The van der Waals surface area contributed by atoms with Gasteiger partial charge in [-0.25, -0.2) is 0 Å². The largest absolute Gasteiger partial charge is 0.197 e. The normalized spacial score (nSPS) is 24.3. The Kier molecular flexibility index (Phi) is 1.22. The second-order valence-corrected chi connectivity index (χ2v) is 3.06. The highest BCUT2D eigenvalue weighted by atomic mass is 15.3. The van der Waals surface area contributed by atoms with E-state index in [2.05, 4.69) is 22.3 Å². The van der Waals surface area contributed by atoms with Gasteiger partial charge in [0.15, 0.2) is 0 Å². The minimum Gasteiger partial charge on any atom is -0.197 e. The summed E-state index contributed by atoms with van der Waals surface area (Å²) in [5.41, 5.74) is 2.36. The van der Waals surface area contributed by atoms with Crippen LogP contribution >= 0.6 is 0 Å².